The van der Waals surface area contributed by atoms with Crippen molar-refractivity contribution in [2.24, 2.45) is 17.8 Å². The molecule has 1 heterocycles. The number of amides is 1. The Bertz CT molecular complexity index is 680. The molecular weight excluding hydrogens is 296 g/mol. The highest BCUT2D eigenvalue weighted by Gasteiger charge is 2.35. The van der Waals surface area contributed by atoms with Crippen molar-refractivity contribution in [3.63, 3.8) is 0 Å². The summed E-state index contributed by atoms with van der Waals surface area (Å²) in [5.74, 6) is 1.84. The van der Waals surface area contributed by atoms with Crippen molar-refractivity contribution in [3.05, 3.63) is 40.3 Å². The third kappa shape index (κ3) is 3.32. The van der Waals surface area contributed by atoms with Crippen molar-refractivity contribution in [3.8, 4) is 5.75 Å². The van der Waals surface area contributed by atoms with E-state index in [2.05, 4.69) is 17.5 Å². The Balaban J connectivity index is 1.61. The van der Waals surface area contributed by atoms with Crippen LogP contribution in [-0.2, 0) is 17.9 Å². The number of methoxy groups -OCH3 is 1. The van der Waals surface area contributed by atoms with Gasteiger partial charge in [-0.3, -0.25) is 9.59 Å². The number of pyridine rings is 1. The smallest absolute Gasteiger partial charge is 0.239 e. The molecule has 3 rings (SSSR count). The third-order valence-corrected chi connectivity index (χ3v) is 4.86. The van der Waals surface area contributed by atoms with Crippen LogP contribution in [0.15, 0.2) is 29.2 Å². The molecule has 1 amide bonds. The van der Waals surface area contributed by atoms with Gasteiger partial charge in [-0.15, -0.1) is 0 Å². The van der Waals surface area contributed by atoms with Crippen molar-refractivity contribution in [1.82, 2.24) is 9.88 Å². The van der Waals surface area contributed by atoms with E-state index in [9.17, 15) is 14.7 Å². The number of hydrogen-bond donors (Lipinski definition) is 2. The molecule has 3 atom stereocenters. The van der Waals surface area contributed by atoms with E-state index >= 15 is 0 Å². The number of aliphatic hydroxyl groups excluding tert-OH is 1. The van der Waals surface area contributed by atoms with Gasteiger partial charge in [0, 0.05) is 18.3 Å². The molecule has 1 saturated carbocycles. The molecule has 2 aliphatic rings. The van der Waals surface area contributed by atoms with Gasteiger partial charge in [0.1, 0.15) is 6.54 Å². The summed E-state index contributed by atoms with van der Waals surface area (Å²) < 4.78 is 6.54. The minimum atomic E-state index is -0.304. The number of aromatic nitrogens is 1. The van der Waals surface area contributed by atoms with E-state index in [0.717, 1.165) is 6.42 Å². The first-order valence-corrected chi connectivity index (χ1v) is 7.94. The number of carbonyl (C=O) groups is 1. The maximum Gasteiger partial charge on any atom is 0.239 e. The Hall–Kier alpha value is -2.08. The summed E-state index contributed by atoms with van der Waals surface area (Å²) >= 11 is 0. The first-order valence-electron chi connectivity index (χ1n) is 7.94. The highest BCUT2D eigenvalue weighted by molar-refractivity contribution is 5.75. The minimum Gasteiger partial charge on any atom is -0.491 e. The molecule has 2 bridgehead atoms. The molecule has 0 aromatic carbocycles. The van der Waals surface area contributed by atoms with Crippen LogP contribution in [0.2, 0.25) is 0 Å². The molecule has 23 heavy (non-hydrogen) atoms. The van der Waals surface area contributed by atoms with Crippen LogP contribution in [0.3, 0.4) is 0 Å². The predicted octanol–water partition coefficient (Wildman–Crippen LogP) is 0.678. The maximum absolute atomic E-state index is 12.2. The Morgan fingerprint density at radius 2 is 2.26 bits per heavy atom. The molecule has 0 unspecified atom stereocenters. The number of hydrogen-bond acceptors (Lipinski definition) is 4. The predicted molar refractivity (Wildman–Crippen MR) is 85.0 cm³/mol. The summed E-state index contributed by atoms with van der Waals surface area (Å²) in [4.78, 5) is 23.9. The van der Waals surface area contributed by atoms with Crippen molar-refractivity contribution in [2.45, 2.75) is 26.0 Å². The number of fused-ring (bicyclic) bond motifs is 2. The van der Waals surface area contributed by atoms with Gasteiger partial charge in [-0.1, -0.05) is 12.2 Å². The van der Waals surface area contributed by atoms with Crippen LogP contribution < -0.4 is 15.5 Å². The van der Waals surface area contributed by atoms with E-state index in [1.54, 1.807) is 4.57 Å². The average Bonchev–Trinajstić information content (AvgIpc) is 3.17. The molecule has 1 aromatic rings. The lowest BCUT2D eigenvalue weighted by Crippen LogP contribution is -2.34. The van der Waals surface area contributed by atoms with Crippen LogP contribution >= 0.6 is 0 Å². The van der Waals surface area contributed by atoms with Gasteiger partial charge >= 0.3 is 0 Å². The molecular formula is C17H22N2O4. The van der Waals surface area contributed by atoms with E-state index in [4.69, 9.17) is 4.74 Å². The van der Waals surface area contributed by atoms with Crippen LogP contribution in [0, 0.1) is 17.8 Å². The monoisotopic (exact) mass is 318 g/mol. The maximum atomic E-state index is 12.2. The van der Waals surface area contributed by atoms with Crippen molar-refractivity contribution in [2.75, 3.05) is 13.7 Å². The number of carbonyl (C=O) groups excluding carboxylic acids is 1. The fraction of sp³-hybridized carbons (Fsp3) is 0.529. The first kappa shape index (κ1) is 15.8. The second-order valence-corrected chi connectivity index (χ2v) is 6.33. The molecule has 2 aliphatic carbocycles. The second-order valence-electron chi connectivity index (χ2n) is 6.33. The van der Waals surface area contributed by atoms with Gasteiger partial charge < -0.3 is 19.7 Å². The van der Waals surface area contributed by atoms with Gasteiger partial charge in [-0.25, -0.2) is 0 Å². The highest BCUT2D eigenvalue weighted by atomic mass is 16.5. The van der Waals surface area contributed by atoms with Crippen LogP contribution in [-0.4, -0.2) is 29.2 Å². The largest absolute Gasteiger partial charge is 0.491 e. The number of rotatable bonds is 6. The number of ether oxygens (including phenoxy) is 1. The number of nitrogens with zero attached hydrogens (tertiary/aromatic N) is 1. The SMILES string of the molecule is COc1cn(CC(=O)NC[C@@H]2C[C@@H]3C=C[C@H]2C3)c(CO)cc1=O. The molecule has 6 heteroatoms. The molecule has 0 saturated heterocycles. The molecule has 0 spiro atoms. The Kier molecular flexibility index (Phi) is 4.52. The van der Waals surface area contributed by atoms with Crippen LogP contribution in [0.5, 0.6) is 5.75 Å². The lowest BCUT2D eigenvalue weighted by Gasteiger charge is -2.19. The van der Waals surface area contributed by atoms with E-state index in [1.807, 2.05) is 0 Å². The van der Waals surface area contributed by atoms with E-state index in [-0.39, 0.29) is 30.2 Å². The zero-order valence-electron chi connectivity index (χ0n) is 13.2. The van der Waals surface area contributed by atoms with E-state index < -0.39 is 0 Å². The molecule has 1 aromatic heterocycles. The Morgan fingerprint density at radius 1 is 1.43 bits per heavy atom. The molecule has 124 valence electrons. The second kappa shape index (κ2) is 6.58. The van der Waals surface area contributed by atoms with Crippen molar-refractivity contribution >= 4 is 5.91 Å². The molecule has 0 aliphatic heterocycles. The van der Waals surface area contributed by atoms with Crippen LogP contribution in [0.1, 0.15) is 18.5 Å². The average molecular weight is 318 g/mol. The lowest BCUT2D eigenvalue weighted by atomic mass is 9.94. The van der Waals surface area contributed by atoms with E-state index in [0.29, 0.717) is 30.0 Å². The van der Waals surface area contributed by atoms with Crippen LogP contribution in [0.4, 0.5) is 0 Å². The molecule has 6 nitrogen and oxygen atoms in total. The summed E-state index contributed by atoms with van der Waals surface area (Å²) in [6, 6.07) is 1.30. The number of nitrogens with one attached hydrogen (secondary N) is 1. The Labute approximate surface area is 134 Å². The van der Waals surface area contributed by atoms with Crippen molar-refractivity contribution in [1.29, 1.82) is 0 Å². The third-order valence-electron chi connectivity index (χ3n) is 4.86. The topological polar surface area (TPSA) is 80.6 Å². The van der Waals surface area contributed by atoms with Gasteiger partial charge in [0.25, 0.3) is 0 Å². The first-order chi connectivity index (χ1) is 11.1. The van der Waals surface area contributed by atoms with Gasteiger partial charge in [-0.05, 0) is 30.6 Å². The van der Waals surface area contributed by atoms with Crippen LogP contribution in [0.25, 0.3) is 0 Å². The fourth-order valence-electron chi connectivity index (χ4n) is 3.62. The van der Waals surface area contributed by atoms with Gasteiger partial charge in [0.2, 0.25) is 11.3 Å². The number of aliphatic hydroxyl groups is 1. The number of allylic oxidation sites excluding steroid dienone is 2. The summed E-state index contributed by atoms with van der Waals surface area (Å²) in [6.07, 6.45) is 8.37. The lowest BCUT2D eigenvalue weighted by molar-refractivity contribution is -0.121. The summed E-state index contributed by atoms with van der Waals surface area (Å²) in [5.41, 5.74) is 0.0933. The zero-order valence-corrected chi connectivity index (χ0v) is 13.2. The van der Waals surface area contributed by atoms with Gasteiger partial charge in [-0.2, -0.15) is 0 Å². The summed E-state index contributed by atoms with van der Waals surface area (Å²) in [6.45, 7) is 0.434. The standard InChI is InChI=1S/C17H22N2O4/c1-23-16-8-19(14(10-20)6-15(16)21)9-17(22)18-7-13-5-11-2-3-12(13)4-11/h2-3,6,8,11-13,20H,4-5,7,9-10H2,1H3,(H,18,22)/t11-,12+,13+/m1/s1. The Morgan fingerprint density at radius 3 is 2.87 bits per heavy atom. The fourth-order valence-corrected chi connectivity index (χ4v) is 3.62. The highest BCUT2D eigenvalue weighted by Crippen LogP contribution is 2.42. The summed E-state index contributed by atoms with van der Waals surface area (Å²) in [5, 5.41) is 12.3. The van der Waals surface area contributed by atoms with Gasteiger partial charge in [0.05, 0.1) is 19.9 Å². The normalized spacial score (nSPS) is 24.9. The van der Waals surface area contributed by atoms with Crippen molar-refractivity contribution < 1.29 is 14.6 Å². The summed E-state index contributed by atoms with van der Waals surface area (Å²) in [7, 11) is 1.41. The molecule has 0 radical (unpaired) electrons. The zero-order chi connectivity index (χ0) is 16.4. The molecule has 2 N–H and O–H groups in total. The molecule has 1 fully saturated rings. The van der Waals surface area contributed by atoms with Gasteiger partial charge in [0.15, 0.2) is 5.75 Å². The minimum absolute atomic E-state index is 0.0587. The quantitative estimate of drug-likeness (QED) is 0.756. The van der Waals surface area contributed by atoms with E-state index in [1.165, 1.54) is 25.8 Å².